The van der Waals surface area contributed by atoms with Crippen LogP contribution in [-0.2, 0) is 12.7 Å². The molecule has 0 fully saturated rings. The number of halogens is 4. The highest BCUT2D eigenvalue weighted by molar-refractivity contribution is 9.10. The van der Waals surface area contributed by atoms with Crippen LogP contribution < -0.4 is 0 Å². The molecule has 0 saturated carbocycles. The van der Waals surface area contributed by atoms with Crippen LogP contribution in [0.15, 0.2) is 10.7 Å². The van der Waals surface area contributed by atoms with Crippen molar-refractivity contribution in [3.05, 3.63) is 16.4 Å². The molecule has 0 bridgehead atoms. The molecule has 0 spiro atoms. The van der Waals surface area contributed by atoms with Gasteiger partial charge in [0.05, 0.1) is 16.6 Å². The molecule has 0 aromatic carbocycles. The van der Waals surface area contributed by atoms with Crippen molar-refractivity contribution in [3.63, 3.8) is 0 Å². The van der Waals surface area contributed by atoms with E-state index in [9.17, 15) is 18.3 Å². The van der Waals surface area contributed by atoms with Gasteiger partial charge < -0.3 is 5.11 Å². The lowest BCUT2D eigenvalue weighted by atomic mass is 10.1. The zero-order valence-electron chi connectivity index (χ0n) is 8.14. The second-order valence-electron chi connectivity index (χ2n) is 3.83. The van der Waals surface area contributed by atoms with Crippen LogP contribution in [0.25, 0.3) is 0 Å². The molecule has 1 rings (SSSR count). The van der Waals surface area contributed by atoms with Crippen molar-refractivity contribution in [1.29, 1.82) is 0 Å². The highest BCUT2D eigenvalue weighted by Gasteiger charge is 2.36. The minimum atomic E-state index is -4.48. The first-order chi connectivity index (χ1) is 6.59. The summed E-state index contributed by atoms with van der Waals surface area (Å²) in [7, 11) is 0. The Kier molecular flexibility index (Phi) is 3.16. The maximum Gasteiger partial charge on any atom is 0.436 e. The highest BCUT2D eigenvalue weighted by Crippen LogP contribution is 2.33. The van der Waals surface area contributed by atoms with Gasteiger partial charge in [-0.1, -0.05) is 0 Å². The summed E-state index contributed by atoms with van der Waals surface area (Å²) >= 11 is 2.78. The van der Waals surface area contributed by atoms with Gasteiger partial charge in [0.2, 0.25) is 0 Å². The topological polar surface area (TPSA) is 38.0 Å². The van der Waals surface area contributed by atoms with Crippen molar-refractivity contribution in [2.24, 2.45) is 0 Å². The molecule has 15 heavy (non-hydrogen) atoms. The Morgan fingerprint density at radius 3 is 2.33 bits per heavy atom. The Morgan fingerprint density at radius 2 is 2.00 bits per heavy atom. The minimum absolute atomic E-state index is 0.00167. The van der Waals surface area contributed by atoms with E-state index in [4.69, 9.17) is 0 Å². The molecular weight excluding hydrogens is 277 g/mol. The normalized spacial score (nSPS) is 13.3. The fraction of sp³-hybridized carbons (Fsp3) is 0.625. The molecule has 86 valence electrons. The fourth-order valence-electron chi connectivity index (χ4n) is 1.07. The van der Waals surface area contributed by atoms with Crippen molar-refractivity contribution >= 4 is 15.9 Å². The van der Waals surface area contributed by atoms with E-state index in [0.717, 1.165) is 4.68 Å². The van der Waals surface area contributed by atoms with Crippen molar-refractivity contribution < 1.29 is 18.3 Å². The molecule has 7 heteroatoms. The summed E-state index contributed by atoms with van der Waals surface area (Å²) in [6, 6.07) is 0. The predicted octanol–water partition coefficient (Wildman–Crippen LogP) is 2.44. The molecule has 3 nitrogen and oxygen atoms in total. The molecule has 1 N–H and O–H groups in total. The van der Waals surface area contributed by atoms with Crippen LogP contribution in [-0.4, -0.2) is 20.5 Å². The molecule has 1 aromatic rings. The van der Waals surface area contributed by atoms with Crippen LogP contribution >= 0.6 is 15.9 Å². The van der Waals surface area contributed by atoms with E-state index in [-0.39, 0.29) is 11.0 Å². The van der Waals surface area contributed by atoms with Gasteiger partial charge >= 0.3 is 6.18 Å². The smallest absolute Gasteiger partial charge is 0.389 e. The lowest BCUT2D eigenvalue weighted by Gasteiger charge is -2.16. The van der Waals surface area contributed by atoms with Crippen molar-refractivity contribution in [2.75, 3.05) is 0 Å². The number of hydrogen-bond acceptors (Lipinski definition) is 2. The Morgan fingerprint density at radius 1 is 1.47 bits per heavy atom. The number of alkyl halides is 3. The van der Waals surface area contributed by atoms with Crippen LogP contribution in [0.3, 0.4) is 0 Å². The van der Waals surface area contributed by atoms with Crippen molar-refractivity contribution in [3.8, 4) is 0 Å². The van der Waals surface area contributed by atoms with E-state index in [1.165, 1.54) is 20.0 Å². The molecule has 0 atom stereocenters. The minimum Gasteiger partial charge on any atom is -0.389 e. The second kappa shape index (κ2) is 3.79. The van der Waals surface area contributed by atoms with Gasteiger partial charge in [0.25, 0.3) is 0 Å². The lowest BCUT2D eigenvalue weighted by molar-refractivity contribution is -0.142. The number of aromatic nitrogens is 2. The van der Waals surface area contributed by atoms with Crippen LogP contribution in [0.2, 0.25) is 0 Å². The predicted molar refractivity (Wildman–Crippen MR) is 51.2 cm³/mol. The van der Waals surface area contributed by atoms with Crippen molar-refractivity contribution in [1.82, 2.24) is 9.78 Å². The van der Waals surface area contributed by atoms with Gasteiger partial charge in [0, 0.05) is 6.20 Å². The summed E-state index contributed by atoms with van der Waals surface area (Å²) in [5.41, 5.74) is -2.08. The van der Waals surface area contributed by atoms with E-state index in [2.05, 4.69) is 21.0 Å². The number of rotatable bonds is 2. The first kappa shape index (κ1) is 12.5. The van der Waals surface area contributed by atoms with Gasteiger partial charge in [-0.2, -0.15) is 18.3 Å². The maximum absolute atomic E-state index is 12.3. The average molecular weight is 287 g/mol. The fourth-order valence-corrected chi connectivity index (χ4v) is 1.61. The quantitative estimate of drug-likeness (QED) is 0.907. The molecule has 0 aliphatic rings. The molecular formula is C8H10BrF3N2O. The Labute approximate surface area is 93.0 Å². The standard InChI is InChI=1S/C8H10BrF3N2O/c1-7(2,15)4-14-3-5(9)6(13-14)8(10,11)12/h3,15H,4H2,1-2H3. The van der Waals surface area contributed by atoms with Gasteiger partial charge in [-0.05, 0) is 29.8 Å². The van der Waals surface area contributed by atoms with Gasteiger partial charge in [0.1, 0.15) is 0 Å². The summed E-state index contributed by atoms with van der Waals surface area (Å²) in [6.45, 7) is 2.99. The largest absolute Gasteiger partial charge is 0.436 e. The Bertz CT molecular complexity index is 354. The zero-order chi connectivity index (χ0) is 11.9. The molecule has 1 heterocycles. The summed E-state index contributed by atoms with van der Waals surface area (Å²) in [5.74, 6) is 0. The molecule has 0 unspecified atom stereocenters. The lowest BCUT2D eigenvalue weighted by Crippen LogP contribution is -2.26. The zero-order valence-corrected chi connectivity index (χ0v) is 9.72. The van der Waals surface area contributed by atoms with E-state index in [1.807, 2.05) is 0 Å². The van der Waals surface area contributed by atoms with Crippen LogP contribution in [0.4, 0.5) is 13.2 Å². The molecule has 0 aliphatic heterocycles. The molecule has 0 saturated heterocycles. The molecule has 0 amide bonds. The van der Waals surface area contributed by atoms with Gasteiger partial charge in [0.15, 0.2) is 5.69 Å². The van der Waals surface area contributed by atoms with Gasteiger partial charge in [-0.15, -0.1) is 0 Å². The summed E-state index contributed by atoms with van der Waals surface area (Å²) in [4.78, 5) is 0. The van der Waals surface area contributed by atoms with E-state index < -0.39 is 17.5 Å². The monoisotopic (exact) mass is 286 g/mol. The Balaban J connectivity index is 2.97. The van der Waals surface area contributed by atoms with E-state index >= 15 is 0 Å². The second-order valence-corrected chi connectivity index (χ2v) is 4.69. The van der Waals surface area contributed by atoms with E-state index in [0.29, 0.717) is 0 Å². The van der Waals surface area contributed by atoms with Crippen LogP contribution in [0.1, 0.15) is 19.5 Å². The van der Waals surface area contributed by atoms with Gasteiger partial charge in [-0.3, -0.25) is 4.68 Å². The summed E-state index contributed by atoms with van der Waals surface area (Å²) < 4.78 is 37.9. The molecule has 0 radical (unpaired) electrons. The summed E-state index contributed by atoms with van der Waals surface area (Å²) in [6.07, 6.45) is -3.29. The summed E-state index contributed by atoms with van der Waals surface area (Å²) in [5, 5.41) is 12.8. The third-order valence-corrected chi connectivity index (χ3v) is 2.11. The van der Waals surface area contributed by atoms with Gasteiger partial charge in [-0.25, -0.2) is 0 Å². The SMILES string of the molecule is CC(C)(O)Cn1cc(Br)c(C(F)(F)F)n1. The molecule has 1 aromatic heterocycles. The average Bonchev–Trinajstić information content (AvgIpc) is 2.25. The maximum atomic E-state index is 12.3. The Hall–Kier alpha value is -0.560. The first-order valence-corrected chi connectivity index (χ1v) is 4.91. The number of aliphatic hydroxyl groups is 1. The highest BCUT2D eigenvalue weighted by atomic mass is 79.9. The van der Waals surface area contributed by atoms with Crippen LogP contribution in [0, 0.1) is 0 Å². The van der Waals surface area contributed by atoms with Crippen LogP contribution in [0.5, 0.6) is 0 Å². The van der Waals surface area contributed by atoms with Crippen molar-refractivity contribution in [2.45, 2.75) is 32.2 Å². The third kappa shape index (κ3) is 3.49. The first-order valence-electron chi connectivity index (χ1n) is 4.12. The number of hydrogen-bond donors (Lipinski definition) is 1. The van der Waals surface area contributed by atoms with E-state index in [1.54, 1.807) is 0 Å². The molecule has 0 aliphatic carbocycles. The third-order valence-electron chi connectivity index (χ3n) is 1.53. The number of nitrogens with zero attached hydrogens (tertiary/aromatic N) is 2.